The zero-order valence-electron chi connectivity index (χ0n) is 24.2. The quantitative estimate of drug-likeness (QED) is 0.230. The number of β-lactam (4-membered cyclic amide) rings is 1. The fraction of sp³-hybridized carbons (Fsp3) is 0.286. The van der Waals surface area contributed by atoms with E-state index in [2.05, 4.69) is 0 Å². The van der Waals surface area contributed by atoms with Crippen LogP contribution in [-0.2, 0) is 19.9 Å². The number of carbonyl (C=O) groups excluding carboxylic acids is 3. The molecule has 3 aliphatic rings. The Hall–Kier alpha value is -4.69. The highest BCUT2D eigenvalue weighted by Gasteiger charge is 2.69. The van der Waals surface area contributed by atoms with Gasteiger partial charge in [-0.2, -0.15) is 0 Å². The predicted octanol–water partition coefficient (Wildman–Crippen LogP) is 4.84. The van der Waals surface area contributed by atoms with Crippen molar-refractivity contribution >= 4 is 34.1 Å². The number of methoxy groups -OCH3 is 1. The molecule has 8 nitrogen and oxygen atoms in total. The van der Waals surface area contributed by atoms with E-state index in [1.165, 1.54) is 0 Å². The highest BCUT2D eigenvalue weighted by atomic mass is 16.5. The summed E-state index contributed by atoms with van der Waals surface area (Å²) >= 11 is 0. The van der Waals surface area contributed by atoms with E-state index >= 15 is 0 Å². The van der Waals surface area contributed by atoms with Gasteiger partial charge in [0.1, 0.15) is 17.0 Å². The third kappa shape index (κ3) is 3.82. The van der Waals surface area contributed by atoms with Gasteiger partial charge >= 0.3 is 5.97 Å². The number of ether oxygens (including phenoxy) is 3. The molecular formula is C35H32N2O6. The SMILES string of the molecule is CCOC(=O)[C@@H]1[C@@H]([C@H]2[C@@H](Oc3ccccc3)C(=O)N2c2ccc(OC)cc2)CN(C)[C@@]12C(=O)c1cccc3cccc2c13. The molecule has 0 bridgehead atoms. The topological polar surface area (TPSA) is 85.4 Å². The van der Waals surface area contributed by atoms with E-state index < -0.39 is 35.5 Å². The van der Waals surface area contributed by atoms with Gasteiger partial charge in [0, 0.05) is 23.7 Å². The molecule has 4 aromatic rings. The summed E-state index contributed by atoms with van der Waals surface area (Å²) in [6.07, 6.45) is -0.857. The Bertz CT molecular complexity index is 1730. The van der Waals surface area contributed by atoms with Crippen LogP contribution in [0.1, 0.15) is 22.8 Å². The number of esters is 1. The molecule has 0 aromatic heterocycles. The standard InChI is InChI=1S/C35H32N2O6/c1-4-42-34(40)29-26(20-36(2)35(29)27-15-9-11-21-10-8-14-25(28(21)27)32(35)38)30-31(43-24-12-6-5-7-13-24)33(39)37(30)22-16-18-23(41-3)19-17-22/h5-19,26,29-31H,4,20H2,1-3H3/t26-,29-,30-,31+,35+/m0/s1. The number of likely N-dealkylation sites (N-methyl/N-ethyl adjacent to an activating group) is 1. The van der Waals surface area contributed by atoms with Crippen molar-refractivity contribution in [2.45, 2.75) is 24.6 Å². The molecule has 1 spiro atoms. The Morgan fingerprint density at radius 3 is 2.33 bits per heavy atom. The lowest BCUT2D eigenvalue weighted by Gasteiger charge is -2.50. The highest BCUT2D eigenvalue weighted by molar-refractivity contribution is 6.21. The number of rotatable bonds is 7. The fourth-order valence-corrected chi connectivity index (χ4v) is 7.57. The molecule has 0 N–H and O–H groups in total. The van der Waals surface area contributed by atoms with Gasteiger partial charge in [-0.15, -0.1) is 0 Å². The number of likely N-dealkylation sites (tertiary alicyclic amines) is 1. The molecule has 0 saturated carbocycles. The van der Waals surface area contributed by atoms with Gasteiger partial charge in [-0.25, -0.2) is 0 Å². The molecule has 1 aliphatic carbocycles. The minimum atomic E-state index is -1.28. The largest absolute Gasteiger partial charge is 0.497 e. The second-order valence-electron chi connectivity index (χ2n) is 11.3. The van der Waals surface area contributed by atoms with Crippen LogP contribution in [0, 0.1) is 11.8 Å². The van der Waals surface area contributed by atoms with Gasteiger partial charge in [-0.3, -0.25) is 19.3 Å². The van der Waals surface area contributed by atoms with Crippen molar-refractivity contribution in [3.05, 3.63) is 102 Å². The number of benzene rings is 4. The smallest absolute Gasteiger partial charge is 0.312 e. The molecule has 1 amide bonds. The summed E-state index contributed by atoms with van der Waals surface area (Å²) < 4.78 is 17.4. The van der Waals surface area contributed by atoms with Gasteiger partial charge in [-0.1, -0.05) is 54.6 Å². The number of hydrogen-bond acceptors (Lipinski definition) is 7. The number of fused-ring (bicyclic) bond motifs is 1. The van der Waals surface area contributed by atoms with E-state index in [0.717, 1.165) is 16.3 Å². The Morgan fingerprint density at radius 2 is 1.63 bits per heavy atom. The minimum Gasteiger partial charge on any atom is -0.497 e. The van der Waals surface area contributed by atoms with Gasteiger partial charge in [0.25, 0.3) is 5.91 Å². The van der Waals surface area contributed by atoms with Gasteiger partial charge in [-0.05, 0) is 66.7 Å². The molecule has 5 atom stereocenters. The van der Waals surface area contributed by atoms with Crippen molar-refractivity contribution in [3.8, 4) is 11.5 Å². The Kier molecular flexibility index (Phi) is 6.47. The molecule has 0 unspecified atom stereocenters. The number of anilines is 1. The van der Waals surface area contributed by atoms with Crippen molar-refractivity contribution in [1.29, 1.82) is 0 Å². The van der Waals surface area contributed by atoms with Crippen molar-refractivity contribution < 1.29 is 28.6 Å². The van der Waals surface area contributed by atoms with E-state index in [1.54, 1.807) is 31.1 Å². The minimum absolute atomic E-state index is 0.121. The van der Waals surface area contributed by atoms with Crippen molar-refractivity contribution in [3.63, 3.8) is 0 Å². The maximum Gasteiger partial charge on any atom is 0.312 e. The van der Waals surface area contributed by atoms with Crippen molar-refractivity contribution in [2.24, 2.45) is 11.8 Å². The second kappa shape index (κ2) is 10.2. The average molecular weight is 577 g/mol. The number of Topliss-reactive ketones (excluding diaryl/α,β-unsaturated/α-hetero) is 1. The van der Waals surface area contributed by atoms with Crippen LogP contribution in [0.2, 0.25) is 0 Å². The molecule has 7 rings (SSSR count). The van der Waals surface area contributed by atoms with Crippen LogP contribution in [0.15, 0.2) is 91.0 Å². The highest BCUT2D eigenvalue weighted by Crippen LogP contribution is 2.57. The molecule has 4 aromatic carbocycles. The number of amides is 1. The van der Waals surface area contributed by atoms with Crippen molar-refractivity contribution in [2.75, 3.05) is 32.2 Å². The molecule has 2 fully saturated rings. The van der Waals surface area contributed by atoms with Crippen LogP contribution >= 0.6 is 0 Å². The van der Waals surface area contributed by atoms with Crippen molar-refractivity contribution in [1.82, 2.24) is 4.90 Å². The molecule has 2 heterocycles. The average Bonchev–Trinajstić information content (AvgIpc) is 3.47. The van der Waals surface area contributed by atoms with Gasteiger partial charge < -0.3 is 19.1 Å². The lowest BCUT2D eigenvalue weighted by molar-refractivity contribution is -0.154. The van der Waals surface area contributed by atoms with Crippen LogP contribution in [0.4, 0.5) is 5.69 Å². The molecule has 8 heteroatoms. The zero-order chi connectivity index (χ0) is 29.9. The first-order valence-electron chi connectivity index (χ1n) is 14.6. The van der Waals surface area contributed by atoms with Crippen LogP contribution in [0.3, 0.4) is 0 Å². The van der Waals surface area contributed by atoms with Crippen LogP contribution in [-0.4, -0.2) is 62.0 Å². The number of ketones is 1. The van der Waals surface area contributed by atoms with E-state index in [-0.39, 0.29) is 18.3 Å². The van der Waals surface area contributed by atoms with Gasteiger partial charge in [0.2, 0.25) is 0 Å². The summed E-state index contributed by atoms with van der Waals surface area (Å²) in [5, 5.41) is 1.81. The first-order valence-corrected chi connectivity index (χ1v) is 14.6. The van der Waals surface area contributed by atoms with E-state index in [1.807, 2.05) is 90.8 Å². The van der Waals surface area contributed by atoms with Gasteiger partial charge in [0.15, 0.2) is 11.9 Å². The lowest BCUT2D eigenvalue weighted by Crippen LogP contribution is -2.71. The number of para-hydroxylation sites is 1. The molecule has 2 aliphatic heterocycles. The van der Waals surface area contributed by atoms with E-state index in [9.17, 15) is 14.4 Å². The predicted molar refractivity (Wildman–Crippen MR) is 161 cm³/mol. The molecule has 218 valence electrons. The first kappa shape index (κ1) is 27.2. The molecule has 2 saturated heterocycles. The maximum absolute atomic E-state index is 14.6. The Morgan fingerprint density at radius 1 is 0.907 bits per heavy atom. The Balaban J connectivity index is 1.38. The lowest BCUT2D eigenvalue weighted by atomic mass is 9.69. The maximum atomic E-state index is 14.6. The fourth-order valence-electron chi connectivity index (χ4n) is 7.57. The number of carbonyl (C=O) groups is 3. The molecule has 43 heavy (non-hydrogen) atoms. The second-order valence-corrected chi connectivity index (χ2v) is 11.3. The summed E-state index contributed by atoms with van der Waals surface area (Å²) in [5.41, 5.74) is 0.791. The third-order valence-corrected chi connectivity index (χ3v) is 9.30. The summed E-state index contributed by atoms with van der Waals surface area (Å²) in [7, 11) is 3.48. The van der Waals surface area contributed by atoms with E-state index in [0.29, 0.717) is 29.3 Å². The first-order chi connectivity index (χ1) is 20.9. The molecular weight excluding hydrogens is 544 g/mol. The van der Waals surface area contributed by atoms with Crippen LogP contribution in [0.25, 0.3) is 10.8 Å². The zero-order valence-corrected chi connectivity index (χ0v) is 24.2. The Labute approximate surface area is 249 Å². The van der Waals surface area contributed by atoms with Gasteiger partial charge in [0.05, 0.1) is 25.7 Å². The summed E-state index contributed by atoms with van der Waals surface area (Å²) in [5.74, 6) is -0.935. The molecule has 0 radical (unpaired) electrons. The van der Waals surface area contributed by atoms with Crippen LogP contribution < -0.4 is 14.4 Å². The third-order valence-electron chi connectivity index (χ3n) is 9.30. The monoisotopic (exact) mass is 576 g/mol. The number of nitrogens with zero attached hydrogens (tertiary/aromatic N) is 2. The van der Waals surface area contributed by atoms with E-state index in [4.69, 9.17) is 14.2 Å². The number of hydrogen-bond donors (Lipinski definition) is 0. The summed E-state index contributed by atoms with van der Waals surface area (Å²) in [6, 6.07) is 27.5. The summed E-state index contributed by atoms with van der Waals surface area (Å²) in [6.45, 7) is 2.31. The summed E-state index contributed by atoms with van der Waals surface area (Å²) in [4.78, 5) is 46.3. The van der Waals surface area contributed by atoms with Crippen LogP contribution in [0.5, 0.6) is 11.5 Å². The normalized spacial score (nSPS) is 26.2.